The lowest BCUT2D eigenvalue weighted by Crippen LogP contribution is -2.52. The monoisotopic (exact) mass is 481 g/mol. The third kappa shape index (κ3) is 8.60. The molecule has 0 aromatic heterocycles. The number of urea groups is 1. The number of imide groups is 3. The average Bonchev–Trinajstić information content (AvgIpc) is 3.08. The molecule has 3 N–H and O–H groups in total. The molecule has 0 radical (unpaired) electrons. The van der Waals surface area contributed by atoms with E-state index >= 15 is 0 Å². The van der Waals surface area contributed by atoms with Gasteiger partial charge in [0.05, 0.1) is 6.42 Å². The SMILES string of the molecule is O=C(CCCCN1C(=O)CC(=O)NC1=O)NCCCNC(=O)CCC(=O)ON1C(=O)CCC1=O. The van der Waals surface area contributed by atoms with Crippen molar-refractivity contribution in [2.45, 2.75) is 57.8 Å². The smallest absolute Gasteiger partial charge is 0.333 e. The fourth-order valence-electron chi connectivity index (χ4n) is 3.10. The van der Waals surface area contributed by atoms with Crippen molar-refractivity contribution in [3.8, 4) is 0 Å². The molecule has 34 heavy (non-hydrogen) atoms. The standard InChI is InChI=1S/C20H27N5O9/c26-13(4-1-2-11-24-18(31)12-15(28)23-20(24)33)21-9-3-10-22-14(27)5-8-19(32)34-25-16(29)6-7-17(25)30/h1-12H2,(H,21,26)(H,22,27)(H,23,28,33). The maximum absolute atomic E-state index is 11.8. The molecule has 14 nitrogen and oxygen atoms in total. The van der Waals surface area contributed by atoms with E-state index in [9.17, 15) is 38.4 Å². The molecule has 0 spiro atoms. The highest BCUT2D eigenvalue weighted by atomic mass is 16.7. The molecule has 186 valence electrons. The number of amides is 8. The van der Waals surface area contributed by atoms with Crippen LogP contribution in [0, 0.1) is 0 Å². The fourth-order valence-corrected chi connectivity index (χ4v) is 3.10. The van der Waals surface area contributed by atoms with Gasteiger partial charge in [-0.15, -0.1) is 5.06 Å². The van der Waals surface area contributed by atoms with Crippen LogP contribution in [0.2, 0.25) is 0 Å². The number of rotatable bonds is 13. The zero-order chi connectivity index (χ0) is 25.1. The molecular weight excluding hydrogens is 454 g/mol. The molecular formula is C20H27N5O9. The Morgan fingerprint density at radius 3 is 2.03 bits per heavy atom. The van der Waals surface area contributed by atoms with E-state index in [0.717, 1.165) is 4.90 Å². The zero-order valence-corrected chi connectivity index (χ0v) is 18.6. The van der Waals surface area contributed by atoms with Crippen LogP contribution in [0.25, 0.3) is 0 Å². The van der Waals surface area contributed by atoms with E-state index in [2.05, 4.69) is 20.8 Å². The maximum atomic E-state index is 11.8. The Bertz CT molecular complexity index is 836. The van der Waals surface area contributed by atoms with Crippen LogP contribution >= 0.6 is 0 Å². The number of unbranched alkanes of at least 4 members (excludes halogenated alkanes) is 1. The number of hydroxylamine groups is 2. The summed E-state index contributed by atoms with van der Waals surface area (Å²) < 4.78 is 0. The zero-order valence-electron chi connectivity index (χ0n) is 18.6. The van der Waals surface area contributed by atoms with Crippen molar-refractivity contribution in [1.82, 2.24) is 25.9 Å². The summed E-state index contributed by atoms with van der Waals surface area (Å²) in [5.74, 6) is -3.86. The van der Waals surface area contributed by atoms with Gasteiger partial charge in [-0.05, 0) is 19.3 Å². The first-order valence-electron chi connectivity index (χ1n) is 10.9. The van der Waals surface area contributed by atoms with Crippen LogP contribution in [0.15, 0.2) is 0 Å². The van der Waals surface area contributed by atoms with Gasteiger partial charge in [-0.2, -0.15) is 0 Å². The summed E-state index contributed by atoms with van der Waals surface area (Å²) in [5, 5.41) is 7.74. The molecule has 0 atom stereocenters. The molecule has 2 aliphatic rings. The van der Waals surface area contributed by atoms with Crippen LogP contribution in [0.4, 0.5) is 4.79 Å². The number of hydrogen-bond donors (Lipinski definition) is 3. The molecule has 14 heteroatoms. The predicted octanol–water partition coefficient (Wildman–Crippen LogP) is -1.36. The van der Waals surface area contributed by atoms with Gasteiger partial charge in [0.25, 0.3) is 11.8 Å². The van der Waals surface area contributed by atoms with Crippen LogP contribution in [-0.4, -0.2) is 77.0 Å². The van der Waals surface area contributed by atoms with Crippen LogP contribution in [0.1, 0.15) is 57.8 Å². The van der Waals surface area contributed by atoms with Crippen LogP contribution in [0.3, 0.4) is 0 Å². The number of carbonyl (C=O) groups is 8. The lowest BCUT2D eigenvalue weighted by molar-refractivity contribution is -0.197. The highest BCUT2D eigenvalue weighted by Gasteiger charge is 2.33. The lowest BCUT2D eigenvalue weighted by atomic mass is 10.2. The second kappa shape index (κ2) is 13.0. The van der Waals surface area contributed by atoms with Gasteiger partial charge in [0.1, 0.15) is 6.42 Å². The van der Waals surface area contributed by atoms with Crippen LogP contribution in [-0.2, 0) is 38.4 Å². The van der Waals surface area contributed by atoms with Crippen molar-refractivity contribution in [1.29, 1.82) is 0 Å². The van der Waals surface area contributed by atoms with E-state index in [1.54, 1.807) is 0 Å². The molecule has 2 rings (SSSR count). The number of hydrogen-bond acceptors (Lipinski definition) is 9. The van der Waals surface area contributed by atoms with Crippen molar-refractivity contribution in [3.05, 3.63) is 0 Å². The van der Waals surface area contributed by atoms with Crippen LogP contribution in [0.5, 0.6) is 0 Å². The normalized spacial score (nSPS) is 15.9. The van der Waals surface area contributed by atoms with Gasteiger partial charge in [-0.25, -0.2) is 9.59 Å². The first-order valence-corrected chi connectivity index (χ1v) is 10.9. The van der Waals surface area contributed by atoms with E-state index in [-0.39, 0.29) is 57.5 Å². The Morgan fingerprint density at radius 1 is 0.794 bits per heavy atom. The average molecular weight is 481 g/mol. The first-order chi connectivity index (χ1) is 16.2. The second-order valence-electron chi connectivity index (χ2n) is 7.63. The van der Waals surface area contributed by atoms with Crippen LogP contribution < -0.4 is 16.0 Å². The van der Waals surface area contributed by atoms with Gasteiger partial charge in [0.15, 0.2) is 0 Å². The van der Waals surface area contributed by atoms with Gasteiger partial charge < -0.3 is 15.5 Å². The Hall–Kier alpha value is -3.84. The molecule has 2 heterocycles. The minimum atomic E-state index is -0.857. The third-order valence-corrected chi connectivity index (χ3v) is 4.89. The summed E-state index contributed by atoms with van der Waals surface area (Å²) in [6, 6.07) is -0.749. The van der Waals surface area contributed by atoms with Crippen molar-refractivity contribution < 1.29 is 43.2 Å². The van der Waals surface area contributed by atoms with Gasteiger partial charge in [0.2, 0.25) is 23.6 Å². The molecule has 0 bridgehead atoms. The molecule has 2 fully saturated rings. The number of carbonyl (C=O) groups excluding carboxylic acids is 8. The number of barbiturate groups is 1. The highest BCUT2D eigenvalue weighted by Crippen LogP contribution is 2.13. The molecule has 0 aromatic carbocycles. The summed E-state index contributed by atoms with van der Waals surface area (Å²) in [7, 11) is 0. The second-order valence-corrected chi connectivity index (χ2v) is 7.63. The Kier molecular flexibility index (Phi) is 10.1. The lowest BCUT2D eigenvalue weighted by Gasteiger charge is -2.24. The highest BCUT2D eigenvalue weighted by molar-refractivity contribution is 6.14. The summed E-state index contributed by atoms with van der Waals surface area (Å²) >= 11 is 0. The largest absolute Gasteiger partial charge is 0.356 e. The minimum absolute atomic E-state index is 0.00928. The van der Waals surface area contributed by atoms with E-state index in [4.69, 9.17) is 0 Å². The van der Waals surface area contributed by atoms with Gasteiger partial charge in [-0.3, -0.25) is 39.0 Å². The predicted molar refractivity (Wildman–Crippen MR) is 111 cm³/mol. The molecule has 0 aromatic rings. The summed E-state index contributed by atoms with van der Waals surface area (Å²) in [6.45, 7) is 0.701. The van der Waals surface area contributed by atoms with E-state index < -0.39 is 41.5 Å². The molecule has 8 amide bonds. The molecule has 2 saturated heterocycles. The number of nitrogens with one attached hydrogen (secondary N) is 3. The summed E-state index contributed by atoms with van der Waals surface area (Å²) in [5.41, 5.74) is 0. The quantitative estimate of drug-likeness (QED) is 0.162. The van der Waals surface area contributed by atoms with Crippen molar-refractivity contribution in [2.75, 3.05) is 19.6 Å². The van der Waals surface area contributed by atoms with Gasteiger partial charge in [0, 0.05) is 45.3 Å². The molecule has 0 aliphatic carbocycles. The Labute approximate surface area is 194 Å². The third-order valence-electron chi connectivity index (χ3n) is 4.89. The van der Waals surface area contributed by atoms with E-state index in [1.807, 2.05) is 0 Å². The fraction of sp³-hybridized carbons (Fsp3) is 0.600. The summed E-state index contributed by atoms with van der Waals surface area (Å²) in [4.78, 5) is 97.8. The first kappa shape index (κ1) is 26.4. The van der Waals surface area contributed by atoms with Crippen molar-refractivity contribution in [3.63, 3.8) is 0 Å². The molecule has 0 saturated carbocycles. The summed E-state index contributed by atoms with van der Waals surface area (Å²) in [6.07, 6.45) is 0.655. The van der Waals surface area contributed by atoms with E-state index in [0.29, 0.717) is 30.9 Å². The Morgan fingerprint density at radius 2 is 1.41 bits per heavy atom. The van der Waals surface area contributed by atoms with Crippen molar-refractivity contribution in [2.24, 2.45) is 0 Å². The molecule has 0 unspecified atom stereocenters. The molecule has 2 aliphatic heterocycles. The Balaban J connectivity index is 1.46. The topological polar surface area (TPSA) is 188 Å². The number of nitrogens with zero attached hydrogens (tertiary/aromatic N) is 2. The van der Waals surface area contributed by atoms with Gasteiger partial charge in [-0.1, -0.05) is 0 Å². The van der Waals surface area contributed by atoms with Gasteiger partial charge >= 0.3 is 12.0 Å². The minimum Gasteiger partial charge on any atom is -0.356 e. The van der Waals surface area contributed by atoms with Crippen molar-refractivity contribution >= 4 is 47.4 Å². The van der Waals surface area contributed by atoms with E-state index in [1.165, 1.54) is 0 Å². The maximum Gasteiger partial charge on any atom is 0.333 e.